The first kappa shape index (κ1) is 30.3. The Labute approximate surface area is 309 Å². The molecule has 4 heteroatoms. The van der Waals surface area contributed by atoms with Crippen LogP contribution < -0.4 is 5.19 Å². The summed E-state index contributed by atoms with van der Waals surface area (Å²) in [6.07, 6.45) is 3.90. The molecule has 0 aliphatic heterocycles. The Morgan fingerprint density at radius 1 is 0.612 bits per heavy atom. The maximum atomic E-state index is 8.20. The molecule has 1 aliphatic rings. The van der Waals surface area contributed by atoms with Crippen LogP contribution in [-0.4, -0.2) is 18.0 Å². The van der Waals surface area contributed by atoms with Gasteiger partial charge in [-0.2, -0.15) is 0 Å². The maximum Gasteiger partial charge on any atom is 0.0795 e. The van der Waals surface area contributed by atoms with Gasteiger partial charge in [-0.3, -0.25) is 0 Å². The minimum absolute atomic E-state index is 0. The van der Waals surface area contributed by atoms with Crippen LogP contribution in [0.5, 0.6) is 0 Å². The Morgan fingerprint density at radius 2 is 1.35 bits per heavy atom. The van der Waals surface area contributed by atoms with E-state index in [0.717, 1.165) is 61.5 Å². The number of hydrogen-bond acceptors (Lipinski definition) is 2. The topological polar surface area (TPSA) is 25.8 Å². The van der Waals surface area contributed by atoms with E-state index in [4.69, 9.17) is 9.10 Å². The number of nitrogens with zero attached hydrogens (tertiary/aromatic N) is 2. The van der Waals surface area contributed by atoms with Crippen molar-refractivity contribution in [1.29, 1.82) is 0 Å². The molecule has 0 saturated heterocycles. The van der Waals surface area contributed by atoms with Gasteiger partial charge in [-0.15, -0.1) is 71.3 Å². The van der Waals surface area contributed by atoms with Crippen molar-refractivity contribution in [3.8, 4) is 44.8 Å². The summed E-state index contributed by atoms with van der Waals surface area (Å²) in [6, 6.07) is 53.0. The Morgan fingerprint density at radius 3 is 2.04 bits per heavy atom. The van der Waals surface area contributed by atoms with E-state index in [0.29, 0.717) is 5.56 Å². The van der Waals surface area contributed by atoms with Gasteiger partial charge in [0.25, 0.3) is 0 Å². The minimum atomic E-state index is -2.20. The molecular formula is C45H38IrN2Si-2. The summed E-state index contributed by atoms with van der Waals surface area (Å²) >= 11 is 0. The number of hydrogen-bond donors (Lipinski definition) is 0. The van der Waals surface area contributed by atoms with Crippen LogP contribution in [0.1, 0.15) is 32.3 Å². The number of aryl methyl sites for hydroxylation is 1. The van der Waals surface area contributed by atoms with Gasteiger partial charge in [-0.05, 0) is 56.8 Å². The van der Waals surface area contributed by atoms with Gasteiger partial charge >= 0.3 is 0 Å². The molecule has 1 atom stereocenters. The van der Waals surface area contributed by atoms with Gasteiger partial charge in [-0.25, -0.2) is 0 Å². The summed E-state index contributed by atoms with van der Waals surface area (Å²) in [6.45, 7) is 4.80. The van der Waals surface area contributed by atoms with Crippen molar-refractivity contribution in [1.82, 2.24) is 9.97 Å². The molecule has 243 valence electrons. The third-order valence-electron chi connectivity index (χ3n) is 8.86. The van der Waals surface area contributed by atoms with Crippen LogP contribution in [0.4, 0.5) is 0 Å². The van der Waals surface area contributed by atoms with Gasteiger partial charge in [0.15, 0.2) is 0 Å². The molecule has 0 fully saturated rings. The number of pyridine rings is 2. The van der Waals surface area contributed by atoms with Crippen LogP contribution in [0.3, 0.4) is 0 Å². The molecule has 49 heavy (non-hydrogen) atoms. The van der Waals surface area contributed by atoms with Crippen molar-refractivity contribution < 1.29 is 24.2 Å². The van der Waals surface area contributed by atoms with E-state index in [9.17, 15) is 0 Å². The molecule has 2 heterocycles. The van der Waals surface area contributed by atoms with Crippen LogP contribution in [0.2, 0.25) is 19.6 Å². The average Bonchev–Trinajstić information content (AvgIpc) is 3.49. The molecule has 0 N–H and O–H groups in total. The average molecular weight is 830 g/mol. The quantitative estimate of drug-likeness (QED) is 0.128. The Bertz CT molecular complexity index is 2270. The van der Waals surface area contributed by atoms with Crippen molar-refractivity contribution in [2.24, 2.45) is 0 Å². The second-order valence-electron chi connectivity index (χ2n) is 13.1. The SMILES string of the molecule is C[Si](C)(C)c1ccc(-c2[c-]cccc2)nc1.[2H]C([2H])([2H])c1cccc2c1C(c1ccccc1)c1cc(-c3[c-]ccc(-c4ccccc4)c3)ncc1-2.[Ir]. The molecule has 7 aromatic rings. The van der Waals surface area contributed by atoms with E-state index < -0.39 is 14.9 Å². The molecule has 0 amide bonds. The predicted molar refractivity (Wildman–Crippen MR) is 203 cm³/mol. The van der Waals surface area contributed by atoms with Gasteiger partial charge < -0.3 is 9.97 Å². The normalized spacial score (nSPS) is 14.1. The molecule has 0 bridgehead atoms. The van der Waals surface area contributed by atoms with Gasteiger partial charge in [0.2, 0.25) is 0 Å². The first-order chi connectivity index (χ1) is 24.6. The molecule has 1 radical (unpaired) electrons. The largest absolute Gasteiger partial charge is 0.305 e. The molecule has 0 saturated carbocycles. The monoisotopic (exact) mass is 830 g/mol. The fourth-order valence-electron chi connectivity index (χ4n) is 6.31. The van der Waals surface area contributed by atoms with E-state index in [1.807, 2.05) is 91.3 Å². The van der Waals surface area contributed by atoms with Crippen molar-refractivity contribution in [2.45, 2.75) is 32.4 Å². The fraction of sp³-hybridized carbons (Fsp3) is 0.111. The van der Waals surface area contributed by atoms with Gasteiger partial charge in [0.05, 0.1) is 8.07 Å². The zero-order valence-corrected chi connectivity index (χ0v) is 31.1. The minimum Gasteiger partial charge on any atom is -0.305 e. The number of aromatic nitrogens is 2. The molecule has 2 nitrogen and oxygen atoms in total. The van der Waals surface area contributed by atoms with Crippen molar-refractivity contribution in [2.75, 3.05) is 0 Å². The Hall–Kier alpha value is -4.73. The van der Waals surface area contributed by atoms with E-state index >= 15 is 0 Å². The molecule has 8 rings (SSSR count). The summed E-state index contributed by atoms with van der Waals surface area (Å²) in [7, 11) is -1.23. The number of benzene rings is 5. The van der Waals surface area contributed by atoms with E-state index in [-0.39, 0.29) is 26.0 Å². The van der Waals surface area contributed by atoms with E-state index in [1.165, 1.54) is 5.19 Å². The van der Waals surface area contributed by atoms with Gasteiger partial charge in [0, 0.05) is 48.1 Å². The number of rotatable bonds is 5. The summed E-state index contributed by atoms with van der Waals surface area (Å²) in [5.74, 6) is -0.170. The Kier molecular flexibility index (Phi) is 9.16. The van der Waals surface area contributed by atoms with Gasteiger partial charge in [0.1, 0.15) is 0 Å². The third kappa shape index (κ3) is 7.33. The van der Waals surface area contributed by atoms with Crippen LogP contribution in [-0.2, 0) is 20.1 Å². The molecule has 1 aliphatic carbocycles. The Balaban J connectivity index is 0.000000230. The second kappa shape index (κ2) is 14.8. The number of fused-ring (bicyclic) bond motifs is 3. The molecule has 1 unspecified atom stereocenters. The fourth-order valence-corrected chi connectivity index (χ4v) is 7.35. The van der Waals surface area contributed by atoms with E-state index in [2.05, 4.69) is 91.4 Å². The first-order valence-electron chi connectivity index (χ1n) is 17.8. The molecule has 2 aromatic heterocycles. The standard InChI is InChI=1S/C31H22N.C14H16NSi.Ir/c1-21-10-8-17-26-28-20-32-29(19-27(28)31(30(21)26)23-13-6-3-7-14-23)25-16-9-15-24(18-25)22-11-4-2-5-12-22;1-16(2,3)13-9-10-14(15-11-13)12-7-5-4-6-8-12;/h2-15,17-20,31H,1H3;4-7,9-11H,1-3H3;/q2*-1;/i1D3;;. The van der Waals surface area contributed by atoms with Crippen LogP contribution in [0.25, 0.3) is 44.8 Å². The molecule has 0 spiro atoms. The summed E-state index contributed by atoms with van der Waals surface area (Å²) < 4.78 is 24.6. The third-order valence-corrected chi connectivity index (χ3v) is 10.9. The van der Waals surface area contributed by atoms with Crippen LogP contribution in [0, 0.1) is 19.0 Å². The molecular weight excluding hydrogens is 789 g/mol. The van der Waals surface area contributed by atoms with E-state index in [1.54, 1.807) is 6.07 Å². The van der Waals surface area contributed by atoms with Crippen LogP contribution in [0.15, 0.2) is 152 Å². The zero-order chi connectivity index (χ0) is 35.6. The van der Waals surface area contributed by atoms with Crippen molar-refractivity contribution in [3.05, 3.63) is 186 Å². The van der Waals surface area contributed by atoms with Gasteiger partial charge in [-0.1, -0.05) is 117 Å². The van der Waals surface area contributed by atoms with Crippen molar-refractivity contribution >= 4 is 13.3 Å². The first-order valence-corrected chi connectivity index (χ1v) is 19.8. The smallest absolute Gasteiger partial charge is 0.0795 e. The van der Waals surface area contributed by atoms with Crippen LogP contribution >= 0.6 is 0 Å². The summed E-state index contributed by atoms with van der Waals surface area (Å²) in [4.78, 5) is 9.32. The second-order valence-corrected chi connectivity index (χ2v) is 18.2. The van der Waals surface area contributed by atoms with Crippen molar-refractivity contribution in [3.63, 3.8) is 0 Å². The maximum absolute atomic E-state index is 8.20. The summed E-state index contributed by atoms with van der Waals surface area (Å²) in [5.41, 5.74) is 11.4. The zero-order valence-electron chi connectivity index (χ0n) is 30.7. The molecule has 5 aromatic carbocycles. The summed E-state index contributed by atoms with van der Waals surface area (Å²) in [5, 5.41) is 1.40. The predicted octanol–water partition coefficient (Wildman–Crippen LogP) is 10.8.